The molecule has 0 aliphatic rings. The van der Waals surface area contributed by atoms with Crippen molar-refractivity contribution in [2.45, 2.75) is 38.1 Å². The summed E-state index contributed by atoms with van der Waals surface area (Å²) in [5.41, 5.74) is 0.934. The summed E-state index contributed by atoms with van der Waals surface area (Å²) in [6, 6.07) is 6.21. The molecule has 1 aromatic carbocycles. The molecular formula is C14H19BrFNO. The van der Waals surface area contributed by atoms with Crippen molar-refractivity contribution in [3.05, 3.63) is 35.6 Å². The van der Waals surface area contributed by atoms with Gasteiger partial charge in [0, 0.05) is 6.54 Å². The number of nitrogens with zero attached hydrogens (tertiary/aromatic N) is 1. The molecule has 0 saturated heterocycles. The molecule has 4 heteroatoms. The highest BCUT2D eigenvalue weighted by Gasteiger charge is 2.31. The van der Waals surface area contributed by atoms with E-state index in [1.807, 2.05) is 27.7 Å². The minimum Gasteiger partial charge on any atom is -0.335 e. The molecule has 0 aliphatic carbocycles. The Kier molecular flexibility index (Phi) is 4.91. The van der Waals surface area contributed by atoms with Crippen LogP contribution in [0.3, 0.4) is 0 Å². The van der Waals surface area contributed by atoms with Crippen LogP contribution in [0, 0.1) is 5.82 Å². The Morgan fingerprint density at radius 3 is 2.28 bits per heavy atom. The van der Waals surface area contributed by atoms with E-state index in [1.54, 1.807) is 17.0 Å². The average molecular weight is 316 g/mol. The van der Waals surface area contributed by atoms with E-state index in [2.05, 4.69) is 15.9 Å². The average Bonchev–Trinajstić information content (AvgIpc) is 2.29. The molecule has 0 spiro atoms. The van der Waals surface area contributed by atoms with Crippen LogP contribution >= 0.6 is 15.9 Å². The van der Waals surface area contributed by atoms with Crippen LogP contribution in [0.1, 0.15) is 39.3 Å². The fraction of sp³-hybridized carbons (Fsp3) is 0.500. The van der Waals surface area contributed by atoms with E-state index in [0.717, 1.165) is 5.56 Å². The van der Waals surface area contributed by atoms with Gasteiger partial charge >= 0.3 is 0 Å². The van der Waals surface area contributed by atoms with Gasteiger partial charge in [0.2, 0.25) is 5.91 Å². The van der Waals surface area contributed by atoms with Gasteiger partial charge in [-0.1, -0.05) is 28.1 Å². The number of hydrogen-bond donors (Lipinski definition) is 0. The number of benzene rings is 1. The lowest BCUT2D eigenvalue weighted by Gasteiger charge is -2.33. The molecule has 0 aromatic heterocycles. The monoisotopic (exact) mass is 315 g/mol. The van der Waals surface area contributed by atoms with Crippen LogP contribution in [0.2, 0.25) is 0 Å². The third-order valence-corrected chi connectivity index (χ3v) is 3.27. The van der Waals surface area contributed by atoms with Gasteiger partial charge in [0.05, 0.1) is 10.4 Å². The van der Waals surface area contributed by atoms with E-state index in [9.17, 15) is 9.18 Å². The van der Waals surface area contributed by atoms with E-state index in [0.29, 0.717) is 6.54 Å². The number of halogens is 2. The molecule has 2 nitrogen and oxygen atoms in total. The van der Waals surface area contributed by atoms with Gasteiger partial charge in [-0.2, -0.15) is 0 Å². The normalized spacial score (nSPS) is 13.2. The molecule has 0 radical (unpaired) electrons. The largest absolute Gasteiger partial charge is 0.335 e. The van der Waals surface area contributed by atoms with E-state index in [4.69, 9.17) is 0 Å². The van der Waals surface area contributed by atoms with Crippen molar-refractivity contribution < 1.29 is 9.18 Å². The zero-order valence-electron chi connectivity index (χ0n) is 11.2. The molecular weight excluding hydrogens is 297 g/mol. The van der Waals surface area contributed by atoms with Gasteiger partial charge in [-0.05, 0) is 45.4 Å². The molecule has 1 amide bonds. The smallest absolute Gasteiger partial charge is 0.239 e. The number of rotatable bonds is 4. The van der Waals surface area contributed by atoms with Crippen LogP contribution in [0.5, 0.6) is 0 Å². The predicted molar refractivity (Wildman–Crippen MR) is 75.2 cm³/mol. The summed E-state index contributed by atoms with van der Waals surface area (Å²) < 4.78 is 12.3. The van der Waals surface area contributed by atoms with E-state index >= 15 is 0 Å². The van der Waals surface area contributed by atoms with Gasteiger partial charge in [-0.15, -0.1) is 0 Å². The first-order chi connectivity index (χ1) is 8.27. The van der Waals surface area contributed by atoms with Crippen molar-refractivity contribution >= 4 is 21.8 Å². The number of carbonyl (C=O) groups excluding carboxylic acids is 1. The van der Waals surface area contributed by atoms with Crippen LogP contribution in [0.25, 0.3) is 0 Å². The Hall–Kier alpha value is -0.900. The maximum Gasteiger partial charge on any atom is 0.239 e. The van der Waals surface area contributed by atoms with E-state index < -0.39 is 4.32 Å². The summed E-state index contributed by atoms with van der Waals surface area (Å²) in [5, 5.41) is 0. The van der Waals surface area contributed by atoms with Crippen molar-refractivity contribution in [1.82, 2.24) is 4.90 Å². The standard InChI is InChI=1S/C14H19BrFNO/c1-5-17(13(18)14(3,4)15)10(2)11-6-8-12(16)9-7-11/h6-10H,5H2,1-4H3. The fourth-order valence-electron chi connectivity index (χ4n) is 1.86. The van der Waals surface area contributed by atoms with Crippen molar-refractivity contribution in [1.29, 1.82) is 0 Å². The predicted octanol–water partition coefficient (Wildman–Crippen LogP) is 3.91. The molecule has 1 rings (SSSR count). The Bertz CT molecular complexity index is 411. The minimum atomic E-state index is -0.586. The van der Waals surface area contributed by atoms with E-state index in [1.165, 1.54) is 12.1 Å². The van der Waals surface area contributed by atoms with Crippen LogP contribution in [0.15, 0.2) is 24.3 Å². The molecule has 100 valence electrons. The second-order valence-electron chi connectivity index (χ2n) is 4.79. The second kappa shape index (κ2) is 5.83. The van der Waals surface area contributed by atoms with Gasteiger partial charge in [0.15, 0.2) is 0 Å². The maximum atomic E-state index is 12.9. The molecule has 1 atom stereocenters. The highest BCUT2D eigenvalue weighted by molar-refractivity contribution is 9.10. The fourth-order valence-corrected chi connectivity index (χ4v) is 2.08. The molecule has 18 heavy (non-hydrogen) atoms. The second-order valence-corrected chi connectivity index (χ2v) is 6.77. The number of hydrogen-bond acceptors (Lipinski definition) is 1. The first-order valence-electron chi connectivity index (χ1n) is 6.02. The SMILES string of the molecule is CCN(C(=O)C(C)(C)Br)C(C)c1ccc(F)cc1. The van der Waals surface area contributed by atoms with Gasteiger partial charge in [-0.3, -0.25) is 4.79 Å². The van der Waals surface area contributed by atoms with Gasteiger partial charge in [0.1, 0.15) is 5.82 Å². The molecule has 1 unspecified atom stereocenters. The zero-order valence-corrected chi connectivity index (χ0v) is 12.8. The molecule has 0 aliphatic heterocycles. The highest BCUT2D eigenvalue weighted by atomic mass is 79.9. The summed E-state index contributed by atoms with van der Waals surface area (Å²) in [4.78, 5) is 14.1. The maximum absolute atomic E-state index is 12.9. The van der Waals surface area contributed by atoms with Crippen molar-refractivity contribution in [3.63, 3.8) is 0 Å². The summed E-state index contributed by atoms with van der Waals surface area (Å²) >= 11 is 3.39. The first kappa shape index (κ1) is 15.2. The molecule has 0 fully saturated rings. The van der Waals surface area contributed by atoms with Crippen LogP contribution in [0.4, 0.5) is 4.39 Å². The molecule has 0 saturated carbocycles. The van der Waals surface area contributed by atoms with Crippen molar-refractivity contribution in [3.8, 4) is 0 Å². The molecule has 0 bridgehead atoms. The first-order valence-corrected chi connectivity index (χ1v) is 6.82. The molecule has 0 N–H and O–H groups in total. The third kappa shape index (κ3) is 3.55. The summed E-state index contributed by atoms with van der Waals surface area (Å²) in [6.45, 7) is 8.17. The zero-order chi connectivity index (χ0) is 13.9. The summed E-state index contributed by atoms with van der Waals surface area (Å²) in [5.74, 6) is -0.233. The summed E-state index contributed by atoms with van der Waals surface area (Å²) in [7, 11) is 0. The Morgan fingerprint density at radius 1 is 1.39 bits per heavy atom. The lowest BCUT2D eigenvalue weighted by molar-refractivity contribution is -0.134. The van der Waals surface area contributed by atoms with Crippen LogP contribution in [-0.2, 0) is 4.79 Å². The minimum absolute atomic E-state index is 0.0295. The van der Waals surface area contributed by atoms with Crippen molar-refractivity contribution in [2.24, 2.45) is 0 Å². The Labute approximate surface area is 116 Å². The lowest BCUT2D eigenvalue weighted by atomic mass is 10.0. The molecule has 0 heterocycles. The highest BCUT2D eigenvalue weighted by Crippen LogP contribution is 2.26. The third-order valence-electron chi connectivity index (χ3n) is 2.93. The van der Waals surface area contributed by atoms with Crippen LogP contribution in [-0.4, -0.2) is 21.7 Å². The van der Waals surface area contributed by atoms with Gasteiger partial charge in [-0.25, -0.2) is 4.39 Å². The number of carbonyl (C=O) groups is 1. The summed E-state index contributed by atoms with van der Waals surface area (Å²) in [6.07, 6.45) is 0. The number of alkyl halides is 1. The van der Waals surface area contributed by atoms with Crippen LogP contribution < -0.4 is 0 Å². The molecule has 1 aromatic rings. The van der Waals surface area contributed by atoms with Gasteiger partial charge < -0.3 is 4.90 Å². The van der Waals surface area contributed by atoms with Gasteiger partial charge in [0.25, 0.3) is 0 Å². The topological polar surface area (TPSA) is 20.3 Å². The quantitative estimate of drug-likeness (QED) is 0.771. The van der Waals surface area contributed by atoms with E-state index in [-0.39, 0.29) is 17.8 Å². The Morgan fingerprint density at radius 2 is 1.89 bits per heavy atom. The van der Waals surface area contributed by atoms with Crippen molar-refractivity contribution in [2.75, 3.05) is 6.54 Å². The number of amides is 1. The lowest BCUT2D eigenvalue weighted by Crippen LogP contribution is -2.42. The Balaban J connectivity index is 2.96.